The van der Waals surface area contributed by atoms with Crippen molar-refractivity contribution >= 4 is 23.3 Å². The Kier molecular flexibility index (Phi) is 6.62. The van der Waals surface area contributed by atoms with Crippen molar-refractivity contribution in [3.63, 3.8) is 0 Å². The molecule has 2 aromatic carbocycles. The Morgan fingerprint density at radius 2 is 1.55 bits per heavy atom. The van der Waals surface area contributed by atoms with Gasteiger partial charge in [-0.25, -0.2) is 0 Å². The van der Waals surface area contributed by atoms with Crippen LogP contribution in [-0.4, -0.2) is 17.7 Å². The number of hydrogen-bond acceptors (Lipinski definition) is 4. The fourth-order valence-electron chi connectivity index (χ4n) is 4.17. The van der Waals surface area contributed by atoms with E-state index in [1.54, 1.807) is 24.3 Å². The quantitative estimate of drug-likeness (QED) is 0.526. The van der Waals surface area contributed by atoms with Gasteiger partial charge in [0.25, 0.3) is 0 Å². The molecule has 1 N–H and O–H groups in total. The molecule has 0 atom stereocenters. The number of anilines is 1. The zero-order valence-electron chi connectivity index (χ0n) is 16.6. The molecule has 0 aromatic heterocycles. The van der Waals surface area contributed by atoms with Crippen molar-refractivity contribution in [1.82, 2.24) is 0 Å². The molecule has 2 aliphatic rings. The second-order valence-corrected chi connectivity index (χ2v) is 7.98. The molecular formula is C23H22NNaO4. The number of hydrogen-bond donors (Lipinski definition) is 1. The minimum atomic E-state index is -1.21. The van der Waals surface area contributed by atoms with E-state index >= 15 is 0 Å². The van der Waals surface area contributed by atoms with E-state index in [4.69, 9.17) is 0 Å². The van der Waals surface area contributed by atoms with E-state index in [1.165, 1.54) is 0 Å². The first-order valence-electron chi connectivity index (χ1n) is 9.69. The van der Waals surface area contributed by atoms with Crippen LogP contribution in [0.25, 0.3) is 0 Å². The van der Waals surface area contributed by atoms with Crippen LogP contribution >= 0.6 is 0 Å². The topological polar surface area (TPSA) is 86.3 Å². The predicted molar refractivity (Wildman–Crippen MR) is 103 cm³/mol. The van der Waals surface area contributed by atoms with Crippen molar-refractivity contribution in [3.05, 3.63) is 65.2 Å². The molecule has 0 unspecified atom stereocenters. The number of benzene rings is 2. The van der Waals surface area contributed by atoms with Crippen LogP contribution in [0.4, 0.5) is 5.69 Å². The maximum Gasteiger partial charge on any atom is 1.00 e. The van der Waals surface area contributed by atoms with Crippen LogP contribution in [0.15, 0.2) is 48.5 Å². The maximum absolute atomic E-state index is 12.5. The van der Waals surface area contributed by atoms with Gasteiger partial charge in [-0.2, -0.15) is 0 Å². The maximum atomic E-state index is 12.5. The Morgan fingerprint density at radius 3 is 2.03 bits per heavy atom. The number of aliphatic carboxylic acids is 1. The van der Waals surface area contributed by atoms with Crippen LogP contribution in [0.2, 0.25) is 0 Å². The molecule has 144 valence electrons. The summed E-state index contributed by atoms with van der Waals surface area (Å²) in [4.78, 5) is 36.7. The van der Waals surface area contributed by atoms with E-state index in [0.29, 0.717) is 24.1 Å². The molecule has 0 radical (unpaired) electrons. The van der Waals surface area contributed by atoms with Crippen molar-refractivity contribution < 1.29 is 49.0 Å². The fraction of sp³-hybridized carbons (Fsp3) is 0.348. The number of carbonyl (C=O) groups is 3. The van der Waals surface area contributed by atoms with E-state index in [-0.39, 0.29) is 53.6 Å². The van der Waals surface area contributed by atoms with Gasteiger partial charge in [0.15, 0.2) is 5.78 Å². The monoisotopic (exact) mass is 399 g/mol. The van der Waals surface area contributed by atoms with Crippen molar-refractivity contribution in [3.8, 4) is 0 Å². The zero-order valence-corrected chi connectivity index (χ0v) is 18.6. The first-order valence-corrected chi connectivity index (χ1v) is 9.69. The number of fused-ring (bicyclic) bond motifs is 1. The molecule has 2 aliphatic carbocycles. The molecule has 0 spiro atoms. The van der Waals surface area contributed by atoms with Crippen LogP contribution in [0, 0.1) is 11.3 Å². The molecule has 1 saturated carbocycles. The number of nitrogens with one attached hydrogen (secondary N) is 1. The average Bonchev–Trinajstić information content (AvgIpc) is 3.00. The van der Waals surface area contributed by atoms with Crippen molar-refractivity contribution in [1.29, 1.82) is 0 Å². The largest absolute Gasteiger partial charge is 1.00 e. The Labute approximate surface area is 192 Å². The van der Waals surface area contributed by atoms with Crippen LogP contribution in [0.3, 0.4) is 0 Å². The minimum absolute atomic E-state index is 0. The second kappa shape index (κ2) is 8.82. The summed E-state index contributed by atoms with van der Waals surface area (Å²) in [5.41, 5.74) is 1.91. The number of rotatable bonds is 6. The molecular weight excluding hydrogens is 377 g/mol. The fourth-order valence-corrected chi connectivity index (χ4v) is 4.17. The van der Waals surface area contributed by atoms with E-state index in [2.05, 4.69) is 5.32 Å². The van der Waals surface area contributed by atoms with Gasteiger partial charge >= 0.3 is 29.6 Å². The molecule has 6 heteroatoms. The number of carbonyl (C=O) groups excluding carboxylic acids is 3. The van der Waals surface area contributed by atoms with Gasteiger partial charge in [0.2, 0.25) is 5.91 Å². The van der Waals surface area contributed by atoms with Crippen LogP contribution in [-0.2, 0) is 22.4 Å². The van der Waals surface area contributed by atoms with Gasteiger partial charge in [0.1, 0.15) is 0 Å². The summed E-state index contributed by atoms with van der Waals surface area (Å²) < 4.78 is 0. The summed E-state index contributed by atoms with van der Waals surface area (Å²) in [6, 6.07) is 14.4. The van der Waals surface area contributed by atoms with Gasteiger partial charge in [-0.1, -0.05) is 30.7 Å². The summed E-state index contributed by atoms with van der Waals surface area (Å²) in [5.74, 6) is -1.27. The number of carboxylic acids is 1. The molecule has 0 heterocycles. The van der Waals surface area contributed by atoms with Gasteiger partial charge in [0, 0.05) is 35.0 Å². The molecule has 29 heavy (non-hydrogen) atoms. The molecule has 1 amide bonds. The third-order valence-corrected chi connectivity index (χ3v) is 6.04. The van der Waals surface area contributed by atoms with E-state index in [9.17, 15) is 19.5 Å². The van der Waals surface area contributed by atoms with Gasteiger partial charge in [-0.15, -0.1) is 0 Å². The average molecular weight is 399 g/mol. The van der Waals surface area contributed by atoms with E-state index in [0.717, 1.165) is 30.4 Å². The van der Waals surface area contributed by atoms with Crippen LogP contribution < -0.4 is 40.0 Å². The first-order chi connectivity index (χ1) is 13.5. The normalized spacial score (nSPS) is 16.8. The smallest absolute Gasteiger partial charge is 0.550 e. The van der Waals surface area contributed by atoms with E-state index in [1.807, 2.05) is 24.3 Å². The SMILES string of the molecule is O=C(CC1(C(=O)[O-])Cc2ccccc2C1)Nc1ccc(C(=O)C2CCC2)cc1.[Na+]. The van der Waals surface area contributed by atoms with E-state index < -0.39 is 11.4 Å². The second-order valence-electron chi connectivity index (χ2n) is 7.98. The zero-order chi connectivity index (χ0) is 19.7. The Bertz CT molecular complexity index is 909. The summed E-state index contributed by atoms with van der Waals surface area (Å²) in [6.07, 6.45) is 3.46. The molecule has 2 aromatic rings. The molecule has 4 rings (SSSR count). The Hall–Kier alpha value is -1.95. The summed E-state index contributed by atoms with van der Waals surface area (Å²) >= 11 is 0. The van der Waals surface area contributed by atoms with Gasteiger partial charge in [-0.05, 0) is 61.1 Å². The predicted octanol–water partition coefficient (Wildman–Crippen LogP) is -0.463. The number of Topliss-reactive ketones (excluding diaryl/α,β-unsaturated/α-hetero) is 1. The third kappa shape index (κ3) is 4.47. The summed E-state index contributed by atoms with van der Waals surface area (Å²) in [7, 11) is 0. The number of ketones is 1. The first kappa shape index (κ1) is 21.8. The van der Waals surface area contributed by atoms with Crippen LogP contribution in [0.1, 0.15) is 47.2 Å². The van der Waals surface area contributed by atoms with Crippen molar-refractivity contribution in [2.75, 3.05) is 5.32 Å². The molecule has 0 bridgehead atoms. The summed E-state index contributed by atoms with van der Waals surface area (Å²) in [6.45, 7) is 0. The Balaban J connectivity index is 0.00000240. The minimum Gasteiger partial charge on any atom is -0.550 e. The third-order valence-electron chi connectivity index (χ3n) is 6.04. The molecule has 0 aliphatic heterocycles. The van der Waals surface area contributed by atoms with Crippen molar-refractivity contribution in [2.24, 2.45) is 11.3 Å². The van der Waals surface area contributed by atoms with Gasteiger partial charge in [-0.3, -0.25) is 9.59 Å². The van der Waals surface area contributed by atoms with Gasteiger partial charge in [0.05, 0.1) is 0 Å². The Morgan fingerprint density at radius 1 is 0.966 bits per heavy atom. The molecule has 1 fully saturated rings. The molecule has 5 nitrogen and oxygen atoms in total. The number of amides is 1. The summed E-state index contributed by atoms with van der Waals surface area (Å²) in [5, 5.41) is 14.6. The number of carboxylic acid groups (broad SMARTS) is 1. The standard InChI is InChI=1S/C23H23NO4.Na/c25-20(14-23(22(27)28)12-17-4-1-2-5-18(17)13-23)24-19-10-8-16(9-11-19)21(26)15-6-3-7-15;/h1-2,4-5,8-11,15H,3,6-7,12-14H2,(H,24,25)(H,27,28);/q;+1/p-1. The molecule has 0 saturated heterocycles. The van der Waals surface area contributed by atoms with Gasteiger partial charge < -0.3 is 15.2 Å². The van der Waals surface area contributed by atoms with Crippen molar-refractivity contribution in [2.45, 2.75) is 38.5 Å². The van der Waals surface area contributed by atoms with Crippen LogP contribution in [0.5, 0.6) is 0 Å².